The summed E-state index contributed by atoms with van der Waals surface area (Å²) in [5.74, 6) is 1.30. The molecule has 6 nitrogen and oxygen atoms in total. The molecule has 3 fully saturated rings. The number of carbonyl (C=O) groups is 2. The summed E-state index contributed by atoms with van der Waals surface area (Å²) in [7, 11) is 0. The van der Waals surface area contributed by atoms with E-state index >= 15 is 0 Å². The Balaban J connectivity index is 1.29. The Hall–Kier alpha value is -2.08. The zero-order chi connectivity index (χ0) is 18.8. The lowest BCUT2D eigenvalue weighted by molar-refractivity contribution is -0.136. The van der Waals surface area contributed by atoms with Crippen LogP contribution in [0.1, 0.15) is 44.1 Å². The van der Waals surface area contributed by atoms with Crippen molar-refractivity contribution < 1.29 is 19.1 Å². The fourth-order valence-electron chi connectivity index (χ4n) is 4.25. The van der Waals surface area contributed by atoms with E-state index < -0.39 is 11.8 Å². The molecule has 0 spiro atoms. The van der Waals surface area contributed by atoms with Crippen LogP contribution in [-0.2, 0) is 14.3 Å². The number of nitrogens with one attached hydrogen (secondary N) is 2. The van der Waals surface area contributed by atoms with Crippen molar-refractivity contribution in [3.8, 4) is 5.75 Å². The van der Waals surface area contributed by atoms with Gasteiger partial charge in [-0.25, -0.2) is 0 Å². The molecule has 1 heterocycles. The van der Waals surface area contributed by atoms with Gasteiger partial charge in [0.1, 0.15) is 11.9 Å². The van der Waals surface area contributed by atoms with Gasteiger partial charge in [0.15, 0.2) is 0 Å². The van der Waals surface area contributed by atoms with Crippen molar-refractivity contribution in [1.82, 2.24) is 5.32 Å². The maximum Gasteiger partial charge on any atom is 0.313 e. The zero-order valence-electron chi connectivity index (χ0n) is 15.8. The number of aryl methyl sites for hydroxylation is 1. The molecule has 27 heavy (non-hydrogen) atoms. The maximum absolute atomic E-state index is 12.2. The van der Waals surface area contributed by atoms with Gasteiger partial charge >= 0.3 is 11.8 Å². The van der Waals surface area contributed by atoms with E-state index in [9.17, 15) is 9.59 Å². The molecule has 6 heteroatoms. The minimum atomic E-state index is -0.606. The third-order valence-electron chi connectivity index (χ3n) is 5.98. The second-order valence-electron chi connectivity index (χ2n) is 8.10. The second-order valence-corrected chi connectivity index (χ2v) is 8.10. The number of anilines is 1. The molecule has 2 saturated carbocycles. The predicted octanol–water partition coefficient (Wildman–Crippen LogP) is 2.80. The van der Waals surface area contributed by atoms with E-state index in [-0.39, 0.29) is 12.1 Å². The van der Waals surface area contributed by atoms with E-state index in [4.69, 9.17) is 9.47 Å². The predicted molar refractivity (Wildman–Crippen MR) is 102 cm³/mol. The van der Waals surface area contributed by atoms with Gasteiger partial charge in [-0.15, -0.1) is 0 Å². The van der Waals surface area contributed by atoms with Crippen LogP contribution in [0.25, 0.3) is 0 Å². The van der Waals surface area contributed by atoms with Gasteiger partial charge in [-0.3, -0.25) is 9.59 Å². The largest absolute Gasteiger partial charge is 0.490 e. The summed E-state index contributed by atoms with van der Waals surface area (Å²) in [6, 6.07) is 5.62. The fraction of sp³-hybridized carbons (Fsp3) is 0.619. The van der Waals surface area contributed by atoms with E-state index in [1.807, 2.05) is 19.1 Å². The molecule has 1 aromatic rings. The van der Waals surface area contributed by atoms with E-state index in [1.165, 1.54) is 12.8 Å². The Bertz CT molecular complexity index is 714. The molecule has 0 aromatic heterocycles. The summed E-state index contributed by atoms with van der Waals surface area (Å²) in [5.41, 5.74) is 1.55. The number of rotatable bonds is 4. The van der Waals surface area contributed by atoms with Crippen LogP contribution < -0.4 is 15.4 Å². The van der Waals surface area contributed by atoms with Gasteiger partial charge in [0.2, 0.25) is 0 Å². The Labute approximate surface area is 160 Å². The van der Waals surface area contributed by atoms with Gasteiger partial charge in [-0.2, -0.15) is 0 Å². The molecule has 2 aliphatic carbocycles. The van der Waals surface area contributed by atoms with Gasteiger partial charge in [0, 0.05) is 24.6 Å². The molecular weight excluding hydrogens is 344 g/mol. The highest BCUT2D eigenvalue weighted by Crippen LogP contribution is 2.49. The SMILES string of the molecule is Cc1cc(NC(=O)C(=O)NC2CCC3CC3C2)ccc1OC1CCOCC1. The first-order valence-electron chi connectivity index (χ1n) is 10.1. The molecule has 2 amide bonds. The van der Waals surface area contributed by atoms with Gasteiger partial charge in [-0.05, 0) is 68.2 Å². The lowest BCUT2D eigenvalue weighted by Crippen LogP contribution is -2.43. The smallest absolute Gasteiger partial charge is 0.313 e. The van der Waals surface area contributed by atoms with Gasteiger partial charge in [0.05, 0.1) is 13.2 Å². The quantitative estimate of drug-likeness (QED) is 0.797. The van der Waals surface area contributed by atoms with Crippen LogP contribution in [0.15, 0.2) is 18.2 Å². The summed E-state index contributed by atoms with van der Waals surface area (Å²) in [5, 5.41) is 5.59. The van der Waals surface area contributed by atoms with Crippen LogP contribution in [0, 0.1) is 18.8 Å². The summed E-state index contributed by atoms with van der Waals surface area (Å²) in [4.78, 5) is 24.4. The number of fused-ring (bicyclic) bond motifs is 1. The van der Waals surface area contributed by atoms with Gasteiger partial charge in [-0.1, -0.05) is 0 Å². The van der Waals surface area contributed by atoms with E-state index in [0.29, 0.717) is 5.69 Å². The molecule has 1 saturated heterocycles. The normalized spacial score (nSPS) is 27.4. The monoisotopic (exact) mass is 372 g/mol. The standard InChI is InChI=1S/C21H28N2O4/c1-13-10-16(4-5-19(13)27-18-6-8-26-9-7-18)22-20(24)21(25)23-17-3-2-14-11-15(14)12-17/h4-5,10,14-15,17-18H,2-3,6-9,11-12H2,1H3,(H,22,24)(H,23,25). The van der Waals surface area contributed by atoms with Gasteiger partial charge in [0.25, 0.3) is 0 Å². The summed E-state index contributed by atoms with van der Waals surface area (Å²) < 4.78 is 11.4. The average molecular weight is 372 g/mol. The van der Waals surface area contributed by atoms with Crippen molar-refractivity contribution >= 4 is 17.5 Å². The summed E-state index contributed by atoms with van der Waals surface area (Å²) in [6.07, 6.45) is 6.41. The van der Waals surface area contributed by atoms with Crippen molar-refractivity contribution in [2.45, 2.75) is 57.6 Å². The van der Waals surface area contributed by atoms with E-state index in [0.717, 1.165) is 62.0 Å². The second kappa shape index (κ2) is 7.89. The minimum absolute atomic E-state index is 0.143. The highest BCUT2D eigenvalue weighted by Gasteiger charge is 2.42. The number of amides is 2. The molecule has 3 aliphatic rings. The van der Waals surface area contributed by atoms with Crippen LogP contribution >= 0.6 is 0 Å². The molecule has 146 valence electrons. The van der Waals surface area contributed by atoms with Crippen LogP contribution in [0.4, 0.5) is 5.69 Å². The van der Waals surface area contributed by atoms with Crippen LogP contribution in [0.2, 0.25) is 0 Å². The van der Waals surface area contributed by atoms with Crippen molar-refractivity contribution in [1.29, 1.82) is 0 Å². The van der Waals surface area contributed by atoms with E-state index in [1.54, 1.807) is 6.07 Å². The molecule has 2 N–H and O–H groups in total. The van der Waals surface area contributed by atoms with Crippen LogP contribution in [0.5, 0.6) is 5.75 Å². The molecule has 3 atom stereocenters. The Morgan fingerprint density at radius 2 is 1.85 bits per heavy atom. The molecular formula is C21H28N2O4. The van der Waals surface area contributed by atoms with Crippen LogP contribution in [0.3, 0.4) is 0 Å². The summed E-state index contributed by atoms with van der Waals surface area (Å²) >= 11 is 0. The Morgan fingerprint density at radius 1 is 1.04 bits per heavy atom. The Morgan fingerprint density at radius 3 is 2.59 bits per heavy atom. The first-order chi connectivity index (χ1) is 13.1. The molecule has 1 aliphatic heterocycles. The molecule has 0 radical (unpaired) electrons. The van der Waals surface area contributed by atoms with Gasteiger partial charge < -0.3 is 20.1 Å². The third-order valence-corrected chi connectivity index (χ3v) is 5.98. The first-order valence-corrected chi connectivity index (χ1v) is 10.1. The number of carbonyl (C=O) groups excluding carboxylic acids is 2. The molecule has 4 rings (SSSR count). The summed E-state index contributed by atoms with van der Waals surface area (Å²) in [6.45, 7) is 3.41. The number of hydrogen-bond donors (Lipinski definition) is 2. The number of benzene rings is 1. The highest BCUT2D eigenvalue weighted by atomic mass is 16.5. The maximum atomic E-state index is 12.2. The van der Waals surface area contributed by atoms with Crippen molar-refractivity contribution in [3.63, 3.8) is 0 Å². The topological polar surface area (TPSA) is 76.7 Å². The highest BCUT2D eigenvalue weighted by molar-refractivity contribution is 6.39. The van der Waals surface area contributed by atoms with Crippen LogP contribution in [-0.4, -0.2) is 37.2 Å². The number of hydrogen-bond acceptors (Lipinski definition) is 4. The zero-order valence-corrected chi connectivity index (χ0v) is 15.8. The van der Waals surface area contributed by atoms with E-state index in [2.05, 4.69) is 10.6 Å². The van der Waals surface area contributed by atoms with Crippen molar-refractivity contribution in [2.75, 3.05) is 18.5 Å². The average Bonchev–Trinajstić information content (AvgIpc) is 3.43. The lowest BCUT2D eigenvalue weighted by atomic mass is 9.95. The first kappa shape index (κ1) is 18.3. The minimum Gasteiger partial charge on any atom is -0.490 e. The van der Waals surface area contributed by atoms with Crippen molar-refractivity contribution in [3.05, 3.63) is 23.8 Å². The van der Waals surface area contributed by atoms with Crippen molar-refractivity contribution in [2.24, 2.45) is 11.8 Å². The third kappa shape index (κ3) is 4.61. The fourth-order valence-corrected chi connectivity index (χ4v) is 4.25. The molecule has 0 bridgehead atoms. The molecule has 1 aromatic carbocycles. The Kier molecular flexibility index (Phi) is 5.34. The molecule has 3 unspecified atom stereocenters. The lowest BCUT2D eigenvalue weighted by Gasteiger charge is -2.24. The number of ether oxygens (including phenoxy) is 2.